The number of hydrogen-bond acceptors (Lipinski definition) is 1. The minimum absolute atomic E-state index is 0.187. The van der Waals surface area contributed by atoms with Crippen LogP contribution in [0.25, 0.3) is 42.4 Å². The van der Waals surface area contributed by atoms with Crippen molar-refractivity contribution in [2.75, 3.05) is 0 Å². The molecular weight excluding hydrogens is 291 g/mol. The van der Waals surface area contributed by atoms with Gasteiger partial charge in [-0.3, -0.25) is 0 Å². The second-order valence-corrected chi connectivity index (χ2v) is 6.57. The van der Waals surface area contributed by atoms with Gasteiger partial charge in [0, 0.05) is 10.1 Å². The number of hydrogen-bond donors (Lipinski definition) is 0. The van der Waals surface area contributed by atoms with Gasteiger partial charge in [0.25, 0.3) is 0 Å². The molecule has 5 aromatic rings. The van der Waals surface area contributed by atoms with Crippen LogP contribution in [0.2, 0.25) is 0 Å². The highest BCUT2D eigenvalue weighted by Crippen LogP contribution is 2.35. The molecule has 0 aliphatic rings. The molecule has 104 valence electrons. The molecule has 22 heavy (non-hydrogen) atoms. The fourth-order valence-electron chi connectivity index (χ4n) is 3.31. The molecule has 2 heteroatoms. The van der Waals surface area contributed by atoms with Crippen molar-refractivity contribution in [1.82, 2.24) is 0 Å². The van der Waals surface area contributed by atoms with Crippen LogP contribution < -0.4 is 0 Å². The van der Waals surface area contributed by atoms with Gasteiger partial charge in [-0.1, -0.05) is 24.3 Å². The van der Waals surface area contributed by atoms with E-state index < -0.39 is 0 Å². The van der Waals surface area contributed by atoms with Gasteiger partial charge in [-0.25, -0.2) is 4.39 Å². The minimum atomic E-state index is -0.187. The lowest BCUT2D eigenvalue weighted by atomic mass is 9.97. The van der Waals surface area contributed by atoms with Crippen LogP contribution in [0.4, 0.5) is 4.39 Å². The molecule has 0 atom stereocenters. The van der Waals surface area contributed by atoms with Crippen molar-refractivity contribution in [1.29, 1.82) is 0 Å². The Hall–Kier alpha value is -2.45. The maximum absolute atomic E-state index is 13.4. The van der Waals surface area contributed by atoms with Gasteiger partial charge in [0.15, 0.2) is 0 Å². The molecule has 1 heterocycles. The average molecular weight is 302 g/mol. The summed E-state index contributed by atoms with van der Waals surface area (Å²) >= 11 is 1.77. The smallest absolute Gasteiger partial charge is 0.123 e. The summed E-state index contributed by atoms with van der Waals surface area (Å²) in [5.41, 5.74) is 0. The summed E-state index contributed by atoms with van der Waals surface area (Å²) in [4.78, 5) is 0. The molecule has 1 aromatic heterocycles. The topological polar surface area (TPSA) is 0 Å². The van der Waals surface area contributed by atoms with Crippen molar-refractivity contribution in [3.63, 3.8) is 0 Å². The van der Waals surface area contributed by atoms with Gasteiger partial charge in [-0.2, -0.15) is 0 Å². The zero-order valence-electron chi connectivity index (χ0n) is 11.6. The lowest BCUT2D eigenvalue weighted by Gasteiger charge is -2.07. The zero-order valence-corrected chi connectivity index (χ0v) is 12.5. The summed E-state index contributed by atoms with van der Waals surface area (Å²) in [5.74, 6) is -0.187. The van der Waals surface area contributed by atoms with Crippen molar-refractivity contribution in [2.45, 2.75) is 0 Å². The molecule has 0 aliphatic heterocycles. The molecule has 4 aromatic carbocycles. The van der Waals surface area contributed by atoms with E-state index in [1.807, 2.05) is 6.07 Å². The Kier molecular flexibility index (Phi) is 2.36. The van der Waals surface area contributed by atoms with Crippen LogP contribution >= 0.6 is 11.3 Å². The highest BCUT2D eigenvalue weighted by molar-refractivity contribution is 7.17. The van der Waals surface area contributed by atoms with Crippen LogP contribution in [-0.2, 0) is 0 Å². The maximum Gasteiger partial charge on any atom is 0.123 e. The van der Waals surface area contributed by atoms with Crippen LogP contribution in [0.15, 0.2) is 66.0 Å². The van der Waals surface area contributed by atoms with E-state index in [9.17, 15) is 4.39 Å². The van der Waals surface area contributed by atoms with E-state index >= 15 is 0 Å². The standard InChI is InChI=1S/C20H11FS/c21-15-3-1-12-11-19-13(9-14(12)10-15)2-4-16-17(19)5-6-20-18(16)7-8-22-20/h1-11H. The lowest BCUT2D eigenvalue weighted by molar-refractivity contribution is 0.630. The molecule has 0 bridgehead atoms. The number of benzene rings is 4. The quantitative estimate of drug-likeness (QED) is 0.226. The monoisotopic (exact) mass is 302 g/mol. The van der Waals surface area contributed by atoms with Crippen molar-refractivity contribution in [3.05, 3.63) is 71.9 Å². The Morgan fingerprint density at radius 1 is 0.591 bits per heavy atom. The van der Waals surface area contributed by atoms with E-state index in [2.05, 4.69) is 47.8 Å². The Balaban J connectivity index is 2.00. The molecule has 0 saturated heterocycles. The maximum atomic E-state index is 13.4. The SMILES string of the molecule is Fc1ccc2cc3c(ccc4c5ccsc5ccc34)cc2c1. The summed E-state index contributed by atoms with van der Waals surface area (Å²) in [6, 6.07) is 20.1. The zero-order chi connectivity index (χ0) is 14.7. The van der Waals surface area contributed by atoms with Gasteiger partial charge in [0.05, 0.1) is 0 Å². The van der Waals surface area contributed by atoms with Gasteiger partial charge in [-0.15, -0.1) is 11.3 Å². The number of halogens is 1. The third-order valence-corrected chi connectivity index (χ3v) is 5.25. The van der Waals surface area contributed by atoms with Crippen LogP contribution in [0.5, 0.6) is 0 Å². The third kappa shape index (κ3) is 1.62. The largest absolute Gasteiger partial charge is 0.207 e. The Labute approximate surface area is 130 Å². The second kappa shape index (κ2) is 4.28. The highest BCUT2D eigenvalue weighted by Gasteiger charge is 2.07. The molecule has 0 saturated carbocycles. The van der Waals surface area contributed by atoms with Crippen molar-refractivity contribution in [3.8, 4) is 0 Å². The molecular formula is C20H11FS. The van der Waals surface area contributed by atoms with E-state index in [1.165, 1.54) is 32.3 Å². The van der Waals surface area contributed by atoms with E-state index in [4.69, 9.17) is 0 Å². The minimum Gasteiger partial charge on any atom is -0.207 e. The van der Waals surface area contributed by atoms with Gasteiger partial charge < -0.3 is 0 Å². The van der Waals surface area contributed by atoms with Gasteiger partial charge in [0.1, 0.15) is 5.82 Å². The van der Waals surface area contributed by atoms with Crippen LogP contribution in [0.1, 0.15) is 0 Å². The first-order chi connectivity index (χ1) is 10.8. The molecule has 0 amide bonds. The molecule has 0 nitrogen and oxygen atoms in total. The second-order valence-electron chi connectivity index (χ2n) is 5.62. The molecule has 0 unspecified atom stereocenters. The molecule has 0 spiro atoms. The normalized spacial score (nSPS) is 11.9. The number of rotatable bonds is 0. The van der Waals surface area contributed by atoms with Crippen molar-refractivity contribution >= 4 is 53.7 Å². The Bertz CT molecular complexity index is 1180. The Morgan fingerprint density at radius 2 is 1.41 bits per heavy atom. The first-order valence-corrected chi connectivity index (χ1v) is 8.09. The molecule has 0 radical (unpaired) electrons. The van der Waals surface area contributed by atoms with E-state index in [0.717, 1.165) is 16.2 Å². The summed E-state index contributed by atoms with van der Waals surface area (Å²) in [5, 5.41) is 10.4. The van der Waals surface area contributed by atoms with Crippen LogP contribution in [0, 0.1) is 5.82 Å². The number of thiophene rings is 1. The number of fused-ring (bicyclic) bond motifs is 6. The predicted octanol–water partition coefficient (Wildman–Crippen LogP) is 6.50. The molecule has 0 fully saturated rings. The van der Waals surface area contributed by atoms with Gasteiger partial charge in [-0.05, 0) is 74.1 Å². The van der Waals surface area contributed by atoms with Gasteiger partial charge in [0.2, 0.25) is 0 Å². The highest BCUT2D eigenvalue weighted by atomic mass is 32.1. The van der Waals surface area contributed by atoms with Crippen molar-refractivity contribution in [2.24, 2.45) is 0 Å². The summed E-state index contributed by atoms with van der Waals surface area (Å²) < 4.78 is 14.7. The van der Waals surface area contributed by atoms with Crippen LogP contribution in [-0.4, -0.2) is 0 Å². The molecule has 0 aliphatic carbocycles. The first-order valence-electron chi connectivity index (χ1n) is 7.21. The average Bonchev–Trinajstić information content (AvgIpc) is 3.01. The Morgan fingerprint density at radius 3 is 2.36 bits per heavy atom. The molecule has 0 N–H and O–H groups in total. The van der Waals surface area contributed by atoms with Crippen molar-refractivity contribution < 1.29 is 4.39 Å². The van der Waals surface area contributed by atoms with E-state index in [0.29, 0.717) is 0 Å². The van der Waals surface area contributed by atoms with E-state index in [-0.39, 0.29) is 5.82 Å². The lowest BCUT2D eigenvalue weighted by Crippen LogP contribution is -1.81. The summed E-state index contributed by atoms with van der Waals surface area (Å²) in [6.45, 7) is 0. The van der Waals surface area contributed by atoms with Crippen LogP contribution in [0.3, 0.4) is 0 Å². The third-order valence-electron chi connectivity index (χ3n) is 4.37. The fourth-order valence-corrected chi connectivity index (χ4v) is 4.11. The molecule has 5 rings (SSSR count). The van der Waals surface area contributed by atoms with Gasteiger partial charge >= 0.3 is 0 Å². The summed E-state index contributed by atoms with van der Waals surface area (Å²) in [7, 11) is 0. The van der Waals surface area contributed by atoms with E-state index in [1.54, 1.807) is 17.4 Å². The predicted molar refractivity (Wildman–Crippen MR) is 94.3 cm³/mol. The first kappa shape index (κ1) is 12.1. The summed E-state index contributed by atoms with van der Waals surface area (Å²) in [6.07, 6.45) is 0. The fraction of sp³-hybridized carbons (Fsp3) is 0.